The van der Waals surface area contributed by atoms with E-state index in [2.05, 4.69) is 171 Å². The average Bonchev–Trinajstić information content (AvgIpc) is 3.89. The topological polar surface area (TPSA) is 62.4 Å². The Balaban J connectivity index is 1.28. The quantitative estimate of drug-likeness (QED) is 0.184. The Hall–Kier alpha value is -7.86. The van der Waals surface area contributed by atoms with Crippen LogP contribution in [0.5, 0.6) is 0 Å². The number of hydrogen-bond acceptors (Lipinski definition) is 2. The zero-order chi connectivity index (χ0) is 36.6. The first-order chi connectivity index (χ1) is 27.2. The van der Waals surface area contributed by atoms with Crippen LogP contribution in [-0.4, -0.2) is 13.7 Å². The molecule has 8 aromatic carbocycles. The molecular weight excluding hydrogens is 671 g/mol. The van der Waals surface area contributed by atoms with Gasteiger partial charge in [-0.15, -0.1) is 0 Å². The van der Waals surface area contributed by atoms with Gasteiger partial charge in [0, 0.05) is 43.4 Å². The second kappa shape index (κ2) is 11.8. The van der Waals surface area contributed by atoms with Gasteiger partial charge in [0.1, 0.15) is 6.07 Å². The van der Waals surface area contributed by atoms with Crippen LogP contribution in [0.3, 0.4) is 0 Å². The third-order valence-electron chi connectivity index (χ3n) is 11.1. The summed E-state index contributed by atoms with van der Waals surface area (Å²) >= 11 is 0. The highest BCUT2D eigenvalue weighted by Crippen LogP contribution is 2.44. The molecule has 0 unspecified atom stereocenters. The summed E-state index contributed by atoms with van der Waals surface area (Å²) in [6.45, 7) is 0. The Labute approximate surface area is 316 Å². The van der Waals surface area contributed by atoms with Gasteiger partial charge < -0.3 is 13.7 Å². The minimum absolute atomic E-state index is 0.570. The molecule has 3 heterocycles. The Kier molecular flexibility index (Phi) is 6.61. The van der Waals surface area contributed by atoms with Gasteiger partial charge in [0.25, 0.3) is 0 Å². The standard InChI is InChI=1S/C50H29N5/c51-30-32-27-28-39-36-16-3-8-23-44(36)54(48(39)29-32)45-24-9-4-17-37(45)40-19-11-13-33(31-52)49(40)55-46-25-10-5-18-38(46)41-20-12-26-47(50(41)55)53-42-21-6-1-14-34(42)35-15-2-7-22-43(35)53/h1-29H. The number of aromatic nitrogens is 3. The molecule has 0 bridgehead atoms. The van der Waals surface area contributed by atoms with Crippen molar-refractivity contribution in [1.29, 1.82) is 10.5 Å². The molecule has 5 nitrogen and oxygen atoms in total. The molecule has 0 saturated carbocycles. The first kappa shape index (κ1) is 30.7. The van der Waals surface area contributed by atoms with E-state index in [1.54, 1.807) is 0 Å². The lowest BCUT2D eigenvalue weighted by molar-refractivity contribution is 1.12. The summed E-state index contributed by atoms with van der Waals surface area (Å²) < 4.78 is 6.95. The number of nitriles is 2. The molecule has 0 N–H and O–H groups in total. The second-order valence-corrected chi connectivity index (χ2v) is 13.9. The molecule has 0 atom stereocenters. The number of rotatable bonds is 4. The van der Waals surface area contributed by atoms with Gasteiger partial charge in [-0.1, -0.05) is 121 Å². The van der Waals surface area contributed by atoms with Gasteiger partial charge in [-0.25, -0.2) is 0 Å². The summed E-state index contributed by atoms with van der Waals surface area (Å²) in [7, 11) is 0. The molecule has 11 aromatic rings. The van der Waals surface area contributed by atoms with Crippen LogP contribution in [0.4, 0.5) is 0 Å². The number of nitrogens with zero attached hydrogens (tertiary/aromatic N) is 5. The van der Waals surface area contributed by atoms with Gasteiger partial charge in [-0.05, 0) is 54.6 Å². The van der Waals surface area contributed by atoms with Crippen molar-refractivity contribution in [2.75, 3.05) is 0 Å². The van der Waals surface area contributed by atoms with Gasteiger partial charge in [0.15, 0.2) is 0 Å². The van der Waals surface area contributed by atoms with Crippen molar-refractivity contribution in [2.45, 2.75) is 0 Å². The zero-order valence-electron chi connectivity index (χ0n) is 29.5. The lowest BCUT2D eigenvalue weighted by Gasteiger charge is -2.20. The van der Waals surface area contributed by atoms with Crippen molar-refractivity contribution in [3.63, 3.8) is 0 Å². The maximum Gasteiger partial charge on any atom is 0.101 e. The van der Waals surface area contributed by atoms with E-state index in [9.17, 15) is 10.5 Å². The van der Waals surface area contributed by atoms with E-state index in [1.807, 2.05) is 30.3 Å². The van der Waals surface area contributed by atoms with E-state index in [0.717, 1.165) is 82.8 Å². The van der Waals surface area contributed by atoms with Crippen molar-refractivity contribution in [2.24, 2.45) is 0 Å². The minimum atomic E-state index is 0.570. The summed E-state index contributed by atoms with van der Waals surface area (Å²) in [4.78, 5) is 0. The highest BCUT2D eigenvalue weighted by Gasteiger charge is 2.25. The first-order valence-corrected chi connectivity index (χ1v) is 18.3. The predicted molar refractivity (Wildman–Crippen MR) is 224 cm³/mol. The summed E-state index contributed by atoms with van der Waals surface area (Å²) in [6.07, 6.45) is 0. The molecular formula is C50H29N5. The van der Waals surface area contributed by atoms with Crippen molar-refractivity contribution < 1.29 is 0 Å². The van der Waals surface area contributed by atoms with E-state index in [1.165, 1.54) is 10.8 Å². The predicted octanol–water partition coefficient (Wildman–Crippen LogP) is 12.4. The van der Waals surface area contributed by atoms with Crippen LogP contribution >= 0.6 is 0 Å². The van der Waals surface area contributed by atoms with Crippen LogP contribution in [-0.2, 0) is 0 Å². The van der Waals surface area contributed by atoms with Crippen molar-refractivity contribution in [1.82, 2.24) is 13.7 Å². The smallest absolute Gasteiger partial charge is 0.101 e. The summed E-state index contributed by atoms with van der Waals surface area (Å²) in [5.74, 6) is 0. The molecule has 55 heavy (non-hydrogen) atoms. The number of fused-ring (bicyclic) bond motifs is 9. The molecule has 0 aliphatic carbocycles. The fourth-order valence-corrected chi connectivity index (χ4v) is 8.88. The molecule has 0 saturated heterocycles. The van der Waals surface area contributed by atoms with Crippen molar-refractivity contribution in [3.05, 3.63) is 187 Å². The molecule has 0 aliphatic rings. The average molecular weight is 700 g/mol. The van der Waals surface area contributed by atoms with Gasteiger partial charge in [0.2, 0.25) is 0 Å². The Morgan fingerprint density at radius 1 is 0.345 bits per heavy atom. The lowest BCUT2D eigenvalue weighted by Crippen LogP contribution is -2.05. The van der Waals surface area contributed by atoms with Crippen LogP contribution < -0.4 is 0 Å². The highest BCUT2D eigenvalue weighted by atomic mass is 15.1. The molecule has 0 radical (unpaired) electrons. The van der Waals surface area contributed by atoms with Crippen LogP contribution in [0.15, 0.2) is 176 Å². The highest BCUT2D eigenvalue weighted by molar-refractivity contribution is 6.16. The van der Waals surface area contributed by atoms with Crippen LogP contribution in [0.2, 0.25) is 0 Å². The maximum absolute atomic E-state index is 11.0. The molecule has 0 aliphatic heterocycles. The fourth-order valence-electron chi connectivity index (χ4n) is 8.88. The molecule has 0 amide bonds. The van der Waals surface area contributed by atoms with E-state index in [-0.39, 0.29) is 0 Å². The number of para-hydroxylation sites is 7. The van der Waals surface area contributed by atoms with Gasteiger partial charge in [-0.3, -0.25) is 0 Å². The SMILES string of the molecule is N#Cc1ccc2c3ccccc3n(-c3ccccc3-c3cccc(C#N)c3-n3c4ccccc4c4cccc(-n5c6ccccc6c6ccccc65)c43)c2c1. The van der Waals surface area contributed by atoms with Crippen LogP contribution in [0.25, 0.3) is 93.6 Å². The normalized spacial score (nSPS) is 11.6. The summed E-state index contributed by atoms with van der Waals surface area (Å²) in [5.41, 5.74) is 12.2. The van der Waals surface area contributed by atoms with Crippen LogP contribution in [0.1, 0.15) is 11.1 Å². The molecule has 254 valence electrons. The van der Waals surface area contributed by atoms with Gasteiger partial charge in [-0.2, -0.15) is 10.5 Å². The fraction of sp³-hybridized carbons (Fsp3) is 0. The minimum Gasteiger partial charge on any atom is -0.309 e. The monoisotopic (exact) mass is 699 g/mol. The van der Waals surface area contributed by atoms with Crippen molar-refractivity contribution in [3.8, 4) is 40.3 Å². The van der Waals surface area contributed by atoms with E-state index in [4.69, 9.17) is 0 Å². The Morgan fingerprint density at radius 3 is 1.45 bits per heavy atom. The third kappa shape index (κ3) is 4.33. The first-order valence-electron chi connectivity index (χ1n) is 18.3. The summed E-state index contributed by atoms with van der Waals surface area (Å²) in [5, 5.41) is 27.7. The summed E-state index contributed by atoms with van der Waals surface area (Å²) in [6, 6.07) is 65.9. The van der Waals surface area contributed by atoms with Crippen molar-refractivity contribution >= 4 is 65.4 Å². The van der Waals surface area contributed by atoms with Gasteiger partial charge in [0.05, 0.1) is 67.4 Å². The van der Waals surface area contributed by atoms with E-state index < -0.39 is 0 Å². The van der Waals surface area contributed by atoms with E-state index in [0.29, 0.717) is 11.1 Å². The third-order valence-corrected chi connectivity index (χ3v) is 11.1. The molecule has 3 aromatic heterocycles. The second-order valence-electron chi connectivity index (χ2n) is 13.9. The zero-order valence-corrected chi connectivity index (χ0v) is 29.5. The Bertz CT molecular complexity index is 3420. The lowest BCUT2D eigenvalue weighted by atomic mass is 9.98. The number of benzene rings is 8. The molecule has 11 rings (SSSR count). The maximum atomic E-state index is 11.0. The molecule has 0 spiro atoms. The molecule has 5 heteroatoms. The van der Waals surface area contributed by atoms with Gasteiger partial charge >= 0.3 is 0 Å². The largest absolute Gasteiger partial charge is 0.309 e. The number of hydrogen-bond donors (Lipinski definition) is 0. The van der Waals surface area contributed by atoms with Crippen LogP contribution in [0, 0.1) is 22.7 Å². The molecule has 0 fully saturated rings. The van der Waals surface area contributed by atoms with E-state index >= 15 is 0 Å². The Morgan fingerprint density at radius 2 is 0.818 bits per heavy atom.